The van der Waals surface area contributed by atoms with Gasteiger partial charge in [-0.3, -0.25) is 14.4 Å². The molecule has 0 aliphatic carbocycles. The average Bonchev–Trinajstić information content (AvgIpc) is 3.16. The van der Waals surface area contributed by atoms with Crippen LogP contribution in [0.2, 0.25) is 0 Å². The van der Waals surface area contributed by atoms with E-state index in [0.29, 0.717) is 38.7 Å². The molecule has 0 fully saturated rings. The van der Waals surface area contributed by atoms with Crippen LogP contribution in [0.3, 0.4) is 0 Å². The monoisotopic (exact) mass is 674 g/mol. The van der Waals surface area contributed by atoms with Crippen molar-refractivity contribution in [1.82, 2.24) is 10.6 Å². The van der Waals surface area contributed by atoms with Gasteiger partial charge in [-0.1, -0.05) is 115 Å². The largest absolute Gasteiger partial charge is 0.489 e. The number of ether oxygens (including phenoxy) is 2. The van der Waals surface area contributed by atoms with Crippen molar-refractivity contribution in [2.45, 2.75) is 57.2 Å². The van der Waals surface area contributed by atoms with Crippen molar-refractivity contribution >= 4 is 17.8 Å². The minimum Gasteiger partial charge on any atom is -0.489 e. The quantitative estimate of drug-likeness (QED) is 0.120. The van der Waals surface area contributed by atoms with Gasteiger partial charge in [-0.25, -0.2) is 0 Å². The van der Waals surface area contributed by atoms with Gasteiger partial charge >= 0.3 is 5.97 Å². The van der Waals surface area contributed by atoms with Crippen molar-refractivity contribution in [1.29, 1.82) is 0 Å². The number of benzene rings is 4. The SMILES string of the molecule is O=C(CC1CC=CCCC(Cc2ccccc2)C(=O)OCC(c2ccccc2)NC1=O)NC(CO)Cc1ccc(OCc2ccccc2)cc1. The zero-order chi connectivity index (χ0) is 35.0. The van der Waals surface area contributed by atoms with E-state index < -0.39 is 18.0 Å². The maximum absolute atomic E-state index is 13.7. The van der Waals surface area contributed by atoms with Crippen LogP contribution in [0.1, 0.15) is 54.0 Å². The maximum atomic E-state index is 13.7. The first-order valence-corrected chi connectivity index (χ1v) is 17.3. The van der Waals surface area contributed by atoms with E-state index in [4.69, 9.17) is 9.47 Å². The van der Waals surface area contributed by atoms with Gasteiger partial charge < -0.3 is 25.2 Å². The van der Waals surface area contributed by atoms with Crippen molar-refractivity contribution < 1.29 is 29.0 Å². The Kier molecular flexibility index (Phi) is 13.8. The fourth-order valence-corrected chi connectivity index (χ4v) is 6.06. The first-order chi connectivity index (χ1) is 24.5. The molecule has 8 heteroatoms. The van der Waals surface area contributed by atoms with E-state index in [1.54, 1.807) is 0 Å². The summed E-state index contributed by atoms with van der Waals surface area (Å²) < 4.78 is 11.7. The lowest BCUT2D eigenvalue weighted by molar-refractivity contribution is -0.150. The number of carbonyl (C=O) groups is 3. The Morgan fingerprint density at radius 1 is 0.820 bits per heavy atom. The molecule has 4 aromatic carbocycles. The third kappa shape index (κ3) is 11.4. The number of aliphatic hydroxyl groups excluding tert-OH is 1. The van der Waals surface area contributed by atoms with Crippen LogP contribution in [0.4, 0.5) is 0 Å². The van der Waals surface area contributed by atoms with Crippen LogP contribution in [0.25, 0.3) is 0 Å². The number of rotatable bonds is 12. The predicted octanol–water partition coefficient (Wildman–Crippen LogP) is 6.29. The fraction of sp³-hybridized carbons (Fsp3) is 0.310. The Morgan fingerprint density at radius 2 is 1.48 bits per heavy atom. The standard InChI is InChI=1S/C42H46N2O6/c45-28-37(26-32-21-23-38(24-22-32)49-29-33-15-7-2-8-16-33)43-40(46)27-35-19-11-4-12-20-36(25-31-13-5-1-6-14-31)42(48)50-30-39(44-41(35)47)34-17-9-3-10-18-34/h1-11,13-18,21-24,35-37,39,45H,12,19-20,25-30H2,(H,43,46)(H,44,47). The van der Waals surface area contributed by atoms with Gasteiger partial charge in [0.1, 0.15) is 19.0 Å². The van der Waals surface area contributed by atoms with Gasteiger partial charge in [-0.2, -0.15) is 0 Å². The summed E-state index contributed by atoms with van der Waals surface area (Å²) in [7, 11) is 0. The van der Waals surface area contributed by atoms with Crippen molar-refractivity contribution in [3.8, 4) is 5.75 Å². The molecule has 0 radical (unpaired) electrons. The van der Waals surface area contributed by atoms with Gasteiger partial charge in [0, 0.05) is 6.42 Å². The summed E-state index contributed by atoms with van der Waals surface area (Å²) in [5.41, 5.74) is 3.88. The molecule has 5 rings (SSSR count). The zero-order valence-corrected chi connectivity index (χ0v) is 28.3. The van der Waals surface area contributed by atoms with Crippen LogP contribution in [0, 0.1) is 11.8 Å². The Labute approximate surface area is 294 Å². The van der Waals surface area contributed by atoms with E-state index in [-0.39, 0.29) is 43.3 Å². The van der Waals surface area contributed by atoms with E-state index >= 15 is 0 Å². The van der Waals surface area contributed by atoms with Gasteiger partial charge in [-0.05, 0) is 66.5 Å². The highest BCUT2D eigenvalue weighted by Gasteiger charge is 2.28. The lowest BCUT2D eigenvalue weighted by Gasteiger charge is -2.24. The number of allylic oxidation sites excluding steroid dienone is 2. The molecule has 2 amide bonds. The molecule has 50 heavy (non-hydrogen) atoms. The highest BCUT2D eigenvalue weighted by Crippen LogP contribution is 2.22. The molecule has 4 aromatic rings. The number of esters is 1. The molecule has 260 valence electrons. The minimum atomic E-state index is -0.658. The molecule has 0 saturated heterocycles. The smallest absolute Gasteiger partial charge is 0.309 e. The fourth-order valence-electron chi connectivity index (χ4n) is 6.06. The molecule has 0 saturated carbocycles. The van der Waals surface area contributed by atoms with Crippen molar-refractivity contribution in [3.63, 3.8) is 0 Å². The second-order valence-electron chi connectivity index (χ2n) is 12.7. The molecule has 1 aliphatic rings. The Bertz CT molecular complexity index is 1660. The second-order valence-corrected chi connectivity index (χ2v) is 12.7. The van der Waals surface area contributed by atoms with E-state index in [0.717, 1.165) is 28.0 Å². The van der Waals surface area contributed by atoms with Crippen molar-refractivity contribution in [2.75, 3.05) is 13.2 Å². The number of aliphatic hydroxyl groups is 1. The molecular formula is C42H46N2O6. The van der Waals surface area contributed by atoms with Gasteiger partial charge in [0.15, 0.2) is 0 Å². The molecule has 8 nitrogen and oxygen atoms in total. The van der Waals surface area contributed by atoms with Crippen LogP contribution >= 0.6 is 0 Å². The Morgan fingerprint density at radius 3 is 2.16 bits per heavy atom. The summed E-state index contributed by atoms with van der Waals surface area (Å²) in [5.74, 6) is -1.18. The van der Waals surface area contributed by atoms with E-state index in [2.05, 4.69) is 10.6 Å². The number of hydrogen-bond donors (Lipinski definition) is 3. The molecule has 0 spiro atoms. The zero-order valence-electron chi connectivity index (χ0n) is 28.3. The molecule has 4 atom stereocenters. The van der Waals surface area contributed by atoms with Crippen LogP contribution < -0.4 is 15.4 Å². The van der Waals surface area contributed by atoms with Gasteiger partial charge in [0.2, 0.25) is 11.8 Å². The van der Waals surface area contributed by atoms with Crippen LogP contribution in [-0.2, 0) is 38.6 Å². The van der Waals surface area contributed by atoms with Crippen molar-refractivity contribution in [2.24, 2.45) is 11.8 Å². The molecule has 4 unspecified atom stereocenters. The minimum absolute atomic E-state index is 0.0190. The third-order valence-corrected chi connectivity index (χ3v) is 8.88. The lowest BCUT2D eigenvalue weighted by atomic mass is 9.94. The number of nitrogens with one attached hydrogen (secondary N) is 2. The first kappa shape index (κ1) is 36.1. The Hall–Kier alpha value is -5.21. The van der Waals surface area contributed by atoms with Crippen LogP contribution in [-0.4, -0.2) is 42.1 Å². The lowest BCUT2D eigenvalue weighted by Crippen LogP contribution is -2.42. The van der Waals surface area contributed by atoms with E-state index in [9.17, 15) is 19.5 Å². The van der Waals surface area contributed by atoms with Gasteiger partial charge in [0.05, 0.1) is 30.5 Å². The summed E-state index contributed by atoms with van der Waals surface area (Å²) in [4.78, 5) is 40.3. The van der Waals surface area contributed by atoms with E-state index in [1.165, 1.54) is 0 Å². The number of amides is 2. The molecule has 3 N–H and O–H groups in total. The molecule has 0 aromatic heterocycles. The predicted molar refractivity (Wildman–Crippen MR) is 193 cm³/mol. The molecule has 1 aliphatic heterocycles. The third-order valence-electron chi connectivity index (χ3n) is 8.88. The molecular weight excluding hydrogens is 628 g/mol. The topological polar surface area (TPSA) is 114 Å². The highest BCUT2D eigenvalue weighted by molar-refractivity contribution is 5.86. The molecule has 1 heterocycles. The van der Waals surface area contributed by atoms with Crippen LogP contribution in [0.5, 0.6) is 5.75 Å². The molecule has 0 bridgehead atoms. The average molecular weight is 675 g/mol. The first-order valence-electron chi connectivity index (χ1n) is 17.3. The number of carbonyl (C=O) groups excluding carboxylic acids is 3. The number of hydrogen-bond acceptors (Lipinski definition) is 6. The van der Waals surface area contributed by atoms with Gasteiger partial charge in [0.25, 0.3) is 0 Å². The summed E-state index contributed by atoms with van der Waals surface area (Å²) in [5, 5.41) is 16.1. The summed E-state index contributed by atoms with van der Waals surface area (Å²) >= 11 is 0. The normalized spacial score (nSPS) is 19.1. The van der Waals surface area contributed by atoms with Gasteiger partial charge in [-0.15, -0.1) is 0 Å². The Balaban J connectivity index is 1.21. The van der Waals surface area contributed by atoms with E-state index in [1.807, 2.05) is 127 Å². The highest BCUT2D eigenvalue weighted by atomic mass is 16.5. The maximum Gasteiger partial charge on any atom is 0.309 e. The summed E-state index contributed by atoms with van der Waals surface area (Å²) in [6.45, 7) is 0.195. The van der Waals surface area contributed by atoms with Crippen molar-refractivity contribution in [3.05, 3.63) is 150 Å². The summed E-state index contributed by atoms with van der Waals surface area (Å²) in [6.07, 6.45) is 6.41. The van der Waals surface area contributed by atoms with Crippen LogP contribution in [0.15, 0.2) is 127 Å². The number of cyclic esters (lactones) is 1. The second kappa shape index (κ2) is 19.1. The summed E-state index contributed by atoms with van der Waals surface area (Å²) in [6, 6.07) is 35.7.